The van der Waals surface area contributed by atoms with Crippen LogP contribution in [0.1, 0.15) is 32.1 Å². The average molecular weight is 389 g/mol. The van der Waals surface area contributed by atoms with Crippen molar-refractivity contribution >= 4 is 11.8 Å². The van der Waals surface area contributed by atoms with Gasteiger partial charge < -0.3 is 19.4 Å². The minimum Gasteiger partial charge on any atom is -0.478 e. The Morgan fingerprint density at radius 1 is 1.11 bits per heavy atom. The molecule has 0 N–H and O–H groups in total. The van der Waals surface area contributed by atoms with Crippen LogP contribution in [0.3, 0.4) is 0 Å². The van der Waals surface area contributed by atoms with E-state index in [2.05, 4.69) is 11.9 Å². The molecule has 0 radical (unpaired) electrons. The highest BCUT2D eigenvalue weighted by molar-refractivity contribution is 5.94. The van der Waals surface area contributed by atoms with E-state index in [0.717, 1.165) is 45.2 Å². The summed E-state index contributed by atoms with van der Waals surface area (Å²) in [7, 11) is 2.05. The Kier molecular flexibility index (Phi) is 5.27. The topological polar surface area (TPSA) is 53.1 Å². The number of rotatable bonds is 4. The lowest BCUT2D eigenvalue weighted by Crippen LogP contribution is -2.77. The third-order valence-electron chi connectivity index (χ3n) is 6.45. The van der Waals surface area contributed by atoms with Crippen molar-refractivity contribution in [3.8, 4) is 5.75 Å². The van der Waals surface area contributed by atoms with Gasteiger partial charge in [0.2, 0.25) is 5.91 Å². The van der Waals surface area contributed by atoms with Crippen molar-refractivity contribution < 1.29 is 18.7 Å². The van der Waals surface area contributed by atoms with E-state index in [-0.39, 0.29) is 24.2 Å². The Morgan fingerprint density at radius 2 is 1.75 bits per heavy atom. The SMILES string of the molecule is CN1CCN(C(=O)CN2C(=O)C(Oc3ccc(F)cc3)C23CCCCC3)CC1. The third-order valence-corrected chi connectivity index (χ3v) is 6.45. The largest absolute Gasteiger partial charge is 0.478 e. The molecule has 6 nitrogen and oxygen atoms in total. The number of carbonyl (C=O) groups excluding carboxylic acids is 2. The number of halogens is 1. The van der Waals surface area contributed by atoms with E-state index >= 15 is 0 Å². The molecule has 2 saturated heterocycles. The summed E-state index contributed by atoms with van der Waals surface area (Å²) in [6.07, 6.45) is 4.30. The number of ether oxygens (including phenoxy) is 1. The zero-order valence-corrected chi connectivity index (χ0v) is 16.4. The van der Waals surface area contributed by atoms with Gasteiger partial charge in [-0.2, -0.15) is 0 Å². The maximum absolute atomic E-state index is 13.2. The molecule has 4 rings (SSSR count). The number of likely N-dealkylation sites (N-methyl/N-ethyl adjacent to an activating group) is 1. The summed E-state index contributed by atoms with van der Waals surface area (Å²) in [6, 6.07) is 5.77. The minimum atomic E-state index is -0.585. The van der Waals surface area contributed by atoms with Crippen molar-refractivity contribution in [3.05, 3.63) is 30.1 Å². The normalized spacial score (nSPS) is 24.9. The summed E-state index contributed by atoms with van der Waals surface area (Å²) in [6.45, 7) is 3.27. The second-order valence-corrected chi connectivity index (χ2v) is 8.22. The molecule has 1 aromatic rings. The van der Waals surface area contributed by atoms with Crippen LogP contribution in [0.5, 0.6) is 5.75 Å². The van der Waals surface area contributed by atoms with Gasteiger partial charge in [-0.05, 0) is 44.2 Å². The number of carbonyl (C=O) groups is 2. The van der Waals surface area contributed by atoms with Crippen LogP contribution in [0.2, 0.25) is 0 Å². The number of benzene rings is 1. The Labute approximate surface area is 165 Å². The number of hydrogen-bond acceptors (Lipinski definition) is 4. The molecular formula is C21H28FN3O3. The minimum absolute atomic E-state index is 0.0200. The van der Waals surface area contributed by atoms with E-state index < -0.39 is 11.6 Å². The smallest absolute Gasteiger partial charge is 0.267 e. The average Bonchev–Trinajstić information content (AvgIpc) is 2.72. The van der Waals surface area contributed by atoms with E-state index in [1.165, 1.54) is 12.1 Å². The van der Waals surface area contributed by atoms with Gasteiger partial charge in [0.05, 0.1) is 5.54 Å². The fourth-order valence-electron chi connectivity index (χ4n) is 4.70. The van der Waals surface area contributed by atoms with Gasteiger partial charge in [-0.25, -0.2) is 4.39 Å². The highest BCUT2D eigenvalue weighted by Crippen LogP contribution is 2.45. The molecule has 2 amide bonds. The number of likely N-dealkylation sites (tertiary alicyclic amines) is 1. The molecule has 1 unspecified atom stereocenters. The molecule has 28 heavy (non-hydrogen) atoms. The second kappa shape index (κ2) is 7.70. The number of nitrogens with zero attached hydrogens (tertiary/aromatic N) is 3. The molecule has 1 saturated carbocycles. The summed E-state index contributed by atoms with van der Waals surface area (Å²) < 4.78 is 19.2. The number of amides is 2. The number of hydrogen-bond donors (Lipinski definition) is 0. The molecule has 7 heteroatoms. The molecule has 1 spiro atoms. The molecule has 1 atom stereocenters. The highest BCUT2D eigenvalue weighted by Gasteiger charge is 2.62. The Morgan fingerprint density at radius 3 is 2.39 bits per heavy atom. The standard InChI is InChI=1S/C21H28FN3O3/c1-23-11-13-24(14-12-23)18(26)15-25-20(27)19(21(25)9-3-2-4-10-21)28-17-7-5-16(22)6-8-17/h5-8,19H,2-4,9-15H2,1H3. The summed E-state index contributed by atoms with van der Waals surface area (Å²) in [5.41, 5.74) is -0.411. The lowest BCUT2D eigenvalue weighted by molar-refractivity contribution is -0.189. The monoisotopic (exact) mass is 389 g/mol. The van der Waals surface area contributed by atoms with Crippen molar-refractivity contribution in [3.63, 3.8) is 0 Å². The lowest BCUT2D eigenvalue weighted by atomic mass is 9.70. The van der Waals surface area contributed by atoms with Crippen LogP contribution in [-0.4, -0.2) is 77.9 Å². The maximum atomic E-state index is 13.2. The molecule has 2 heterocycles. The molecule has 152 valence electrons. The fourth-order valence-corrected chi connectivity index (χ4v) is 4.70. The van der Waals surface area contributed by atoms with Gasteiger partial charge in [-0.1, -0.05) is 19.3 Å². The van der Waals surface area contributed by atoms with Gasteiger partial charge in [0, 0.05) is 26.2 Å². The first-order valence-corrected chi connectivity index (χ1v) is 10.2. The molecule has 3 fully saturated rings. The van der Waals surface area contributed by atoms with Gasteiger partial charge in [-0.15, -0.1) is 0 Å². The molecule has 1 aliphatic carbocycles. The molecule has 0 aromatic heterocycles. The summed E-state index contributed by atoms with van der Waals surface area (Å²) in [5.74, 6) is 0.0501. The first kappa shape index (κ1) is 19.2. The van der Waals surface area contributed by atoms with Crippen molar-refractivity contribution in [2.75, 3.05) is 39.8 Å². The summed E-state index contributed by atoms with van der Waals surface area (Å²) >= 11 is 0. The van der Waals surface area contributed by atoms with Crippen LogP contribution in [-0.2, 0) is 9.59 Å². The Bertz CT molecular complexity index is 725. The van der Waals surface area contributed by atoms with Crippen LogP contribution in [0.25, 0.3) is 0 Å². The van der Waals surface area contributed by atoms with Crippen molar-refractivity contribution in [2.45, 2.75) is 43.7 Å². The van der Waals surface area contributed by atoms with Crippen molar-refractivity contribution in [2.24, 2.45) is 0 Å². The van der Waals surface area contributed by atoms with E-state index in [4.69, 9.17) is 4.74 Å². The van der Waals surface area contributed by atoms with Gasteiger partial charge in [-0.3, -0.25) is 9.59 Å². The number of β-lactam (4-membered cyclic amide) rings is 1. The number of piperazine rings is 1. The Balaban J connectivity index is 1.47. The zero-order chi connectivity index (χ0) is 19.7. The summed E-state index contributed by atoms with van der Waals surface area (Å²) in [4.78, 5) is 31.5. The van der Waals surface area contributed by atoms with E-state index in [9.17, 15) is 14.0 Å². The highest BCUT2D eigenvalue weighted by atomic mass is 19.1. The predicted octanol–water partition coefficient (Wildman–Crippen LogP) is 1.89. The fraction of sp³-hybridized carbons (Fsp3) is 0.619. The molecule has 1 aromatic carbocycles. The van der Waals surface area contributed by atoms with E-state index in [1.807, 2.05) is 4.90 Å². The van der Waals surface area contributed by atoms with Gasteiger partial charge in [0.25, 0.3) is 5.91 Å². The third kappa shape index (κ3) is 3.48. The maximum Gasteiger partial charge on any atom is 0.267 e. The molecule has 3 aliphatic rings. The van der Waals surface area contributed by atoms with Crippen LogP contribution in [0.15, 0.2) is 24.3 Å². The second-order valence-electron chi connectivity index (χ2n) is 8.22. The molecule has 0 bridgehead atoms. The quantitative estimate of drug-likeness (QED) is 0.738. The first-order valence-electron chi connectivity index (χ1n) is 10.2. The van der Waals surface area contributed by atoms with Crippen molar-refractivity contribution in [1.29, 1.82) is 0 Å². The first-order chi connectivity index (χ1) is 13.5. The van der Waals surface area contributed by atoms with Gasteiger partial charge in [0.1, 0.15) is 18.1 Å². The predicted molar refractivity (Wildman–Crippen MR) is 102 cm³/mol. The van der Waals surface area contributed by atoms with Crippen LogP contribution in [0.4, 0.5) is 4.39 Å². The van der Waals surface area contributed by atoms with Crippen molar-refractivity contribution in [1.82, 2.24) is 14.7 Å². The summed E-state index contributed by atoms with van der Waals surface area (Å²) in [5, 5.41) is 0. The van der Waals surface area contributed by atoms with Crippen LogP contribution >= 0.6 is 0 Å². The Hall–Kier alpha value is -2.15. The van der Waals surface area contributed by atoms with Crippen LogP contribution < -0.4 is 4.74 Å². The zero-order valence-electron chi connectivity index (χ0n) is 16.4. The molecular weight excluding hydrogens is 361 g/mol. The van der Waals surface area contributed by atoms with Gasteiger partial charge in [0.15, 0.2) is 6.10 Å². The van der Waals surface area contributed by atoms with E-state index in [1.54, 1.807) is 17.0 Å². The van der Waals surface area contributed by atoms with E-state index in [0.29, 0.717) is 18.8 Å². The molecule has 2 aliphatic heterocycles. The van der Waals surface area contributed by atoms with Gasteiger partial charge >= 0.3 is 0 Å². The lowest BCUT2D eigenvalue weighted by Gasteiger charge is -2.58. The van der Waals surface area contributed by atoms with Crippen LogP contribution in [0, 0.1) is 5.82 Å².